The molecule has 3 aromatic heterocycles. The minimum absolute atomic E-state index is 0.532. The Morgan fingerprint density at radius 1 is 0.590 bits per heavy atom. The van der Waals surface area contributed by atoms with Gasteiger partial charge in [-0.05, 0) is 79.3 Å². The molecule has 0 saturated carbocycles. The number of hydrogen-bond donors (Lipinski definition) is 0. The van der Waals surface area contributed by atoms with Crippen molar-refractivity contribution >= 4 is 42.9 Å². The average molecular weight is 666 g/mol. The highest BCUT2D eigenvalue weighted by Crippen LogP contribution is 2.51. The molecule has 0 saturated heterocycles. The van der Waals surface area contributed by atoms with Gasteiger partial charge in [0.15, 0.2) is 31.9 Å². The van der Waals surface area contributed by atoms with Gasteiger partial charge in [-0.3, -0.25) is 0 Å². The predicted molar refractivity (Wildman–Crippen MR) is 160 cm³/mol. The van der Waals surface area contributed by atoms with Crippen LogP contribution in [-0.4, -0.2) is 23.5 Å². The Morgan fingerprint density at radius 3 is 1.38 bits per heavy atom. The van der Waals surface area contributed by atoms with Gasteiger partial charge in [0.25, 0.3) is 0 Å². The van der Waals surface area contributed by atoms with Gasteiger partial charge in [0.1, 0.15) is 11.5 Å². The Morgan fingerprint density at radius 2 is 1.00 bits per heavy atom. The summed E-state index contributed by atoms with van der Waals surface area (Å²) in [5, 5.41) is 8.53. The van der Waals surface area contributed by atoms with Crippen molar-refractivity contribution in [3.63, 3.8) is 0 Å². The third-order valence-corrected chi connectivity index (χ3v) is 7.60. The molecule has 1 aromatic carbocycles. The second kappa shape index (κ2) is 15.5. The van der Waals surface area contributed by atoms with Crippen LogP contribution in [0.15, 0.2) is 47.1 Å². The second-order valence-electron chi connectivity index (χ2n) is 9.81. The number of fused-ring (bicyclic) bond motifs is 1. The normalized spacial score (nSPS) is 11.5. The molecule has 0 aliphatic carbocycles. The van der Waals surface area contributed by atoms with E-state index >= 15 is 0 Å². The summed E-state index contributed by atoms with van der Waals surface area (Å²) >= 11 is 6.87. The van der Waals surface area contributed by atoms with Gasteiger partial charge in [-0.25, -0.2) is 4.63 Å². The monoisotopic (exact) mass is 664 g/mol. The molecule has 212 valence electrons. The van der Waals surface area contributed by atoms with Crippen molar-refractivity contribution in [1.82, 2.24) is 10.3 Å². The first-order valence-corrected chi connectivity index (χ1v) is 15.8. The lowest BCUT2D eigenvalue weighted by atomic mass is 10.0. The summed E-state index contributed by atoms with van der Waals surface area (Å²) in [4.78, 5) is 0. The number of furan rings is 2. The minimum Gasteiger partial charge on any atom is -0.489 e. The van der Waals surface area contributed by atoms with Crippen molar-refractivity contribution in [2.75, 3.05) is 13.2 Å². The SMILES string of the molecule is CCCCCCCCOc1c(OCCCCCCCC)c(-c2ccc(Br)o2)c2nonc2c1-c1ccc(Br)o1. The Kier molecular flexibility index (Phi) is 11.8. The van der Waals surface area contributed by atoms with Crippen LogP contribution in [-0.2, 0) is 0 Å². The van der Waals surface area contributed by atoms with Crippen LogP contribution in [0.2, 0.25) is 0 Å². The summed E-state index contributed by atoms with van der Waals surface area (Å²) in [7, 11) is 0. The number of ether oxygens (including phenoxy) is 2. The topological polar surface area (TPSA) is 83.7 Å². The number of rotatable bonds is 18. The molecule has 39 heavy (non-hydrogen) atoms. The molecule has 0 unspecified atom stereocenters. The molecule has 0 bridgehead atoms. The van der Waals surface area contributed by atoms with Gasteiger partial charge in [0.05, 0.1) is 24.3 Å². The number of hydrogen-bond acceptors (Lipinski definition) is 7. The molecule has 4 aromatic rings. The molecule has 0 aliphatic heterocycles. The molecule has 0 amide bonds. The Labute approximate surface area is 247 Å². The number of benzene rings is 1. The zero-order valence-corrected chi connectivity index (χ0v) is 26.1. The molecule has 0 radical (unpaired) electrons. The average Bonchev–Trinajstić information content (AvgIpc) is 3.69. The molecule has 0 N–H and O–H groups in total. The van der Waals surface area contributed by atoms with E-state index in [1.54, 1.807) is 0 Å². The lowest BCUT2D eigenvalue weighted by Crippen LogP contribution is -2.06. The van der Waals surface area contributed by atoms with E-state index in [2.05, 4.69) is 56.0 Å². The minimum atomic E-state index is 0.532. The third kappa shape index (κ3) is 7.91. The fraction of sp³-hybridized carbons (Fsp3) is 0.533. The van der Waals surface area contributed by atoms with E-state index in [0.29, 0.717) is 67.7 Å². The fourth-order valence-corrected chi connectivity index (χ4v) is 5.32. The third-order valence-electron chi connectivity index (χ3n) is 6.75. The first-order chi connectivity index (χ1) is 19.1. The summed E-state index contributed by atoms with van der Waals surface area (Å²) in [5.41, 5.74) is 2.39. The summed E-state index contributed by atoms with van der Waals surface area (Å²) in [6.45, 7) is 5.56. The van der Waals surface area contributed by atoms with E-state index < -0.39 is 0 Å². The van der Waals surface area contributed by atoms with E-state index in [1.807, 2.05) is 24.3 Å². The number of unbranched alkanes of at least 4 members (excludes halogenated alkanes) is 10. The molecular formula is C30H38Br2N2O5. The Balaban J connectivity index is 1.70. The molecule has 0 spiro atoms. The second-order valence-corrected chi connectivity index (χ2v) is 11.4. The quantitative estimate of drug-likeness (QED) is 0.0977. The van der Waals surface area contributed by atoms with Crippen LogP contribution in [0.3, 0.4) is 0 Å². The highest BCUT2D eigenvalue weighted by molar-refractivity contribution is 9.10. The maximum absolute atomic E-state index is 6.53. The zero-order valence-electron chi connectivity index (χ0n) is 22.9. The molecule has 0 aliphatic rings. The highest BCUT2D eigenvalue weighted by atomic mass is 79.9. The predicted octanol–water partition coefficient (Wildman–Crippen LogP) is 10.7. The van der Waals surface area contributed by atoms with Gasteiger partial charge in [-0.15, -0.1) is 0 Å². The van der Waals surface area contributed by atoms with E-state index in [9.17, 15) is 0 Å². The summed E-state index contributed by atoms with van der Waals surface area (Å²) < 4.78 is 31.5. The molecule has 7 nitrogen and oxygen atoms in total. The summed E-state index contributed by atoms with van der Waals surface area (Å²) in [6, 6.07) is 7.46. The molecule has 0 fully saturated rings. The lowest BCUT2D eigenvalue weighted by molar-refractivity contribution is 0.260. The molecule has 4 rings (SSSR count). The standard InChI is InChI=1S/C30H38Br2N2O5/c1-3-5-7-9-11-13-19-35-29-25(21-15-17-23(31)37-21)27-28(34-39-33-27)26(22-16-18-24(32)38-22)30(29)36-20-14-12-10-8-6-4-2/h15-18H,3-14,19-20H2,1-2H3. The van der Waals surface area contributed by atoms with Gasteiger partial charge in [0.2, 0.25) is 0 Å². The molecule has 0 atom stereocenters. The van der Waals surface area contributed by atoms with Crippen molar-refractivity contribution < 1.29 is 22.9 Å². The van der Waals surface area contributed by atoms with Crippen LogP contribution >= 0.6 is 31.9 Å². The van der Waals surface area contributed by atoms with Crippen LogP contribution in [0.5, 0.6) is 11.5 Å². The Bertz CT molecular complexity index is 1200. The van der Waals surface area contributed by atoms with Crippen LogP contribution in [0.1, 0.15) is 90.9 Å². The largest absolute Gasteiger partial charge is 0.489 e. The van der Waals surface area contributed by atoms with Gasteiger partial charge in [0, 0.05) is 0 Å². The van der Waals surface area contributed by atoms with Gasteiger partial charge in [-0.1, -0.05) is 78.1 Å². The highest BCUT2D eigenvalue weighted by Gasteiger charge is 2.30. The van der Waals surface area contributed by atoms with E-state index in [0.717, 1.165) is 25.7 Å². The van der Waals surface area contributed by atoms with Crippen molar-refractivity contribution in [1.29, 1.82) is 0 Å². The van der Waals surface area contributed by atoms with Crippen LogP contribution in [0.4, 0.5) is 0 Å². The van der Waals surface area contributed by atoms with Gasteiger partial charge >= 0.3 is 0 Å². The zero-order chi connectivity index (χ0) is 27.5. The number of halogens is 2. The van der Waals surface area contributed by atoms with Crippen LogP contribution in [0, 0.1) is 0 Å². The molecule has 3 heterocycles. The van der Waals surface area contributed by atoms with Crippen molar-refractivity contribution in [2.24, 2.45) is 0 Å². The Hall–Kier alpha value is -2.26. The van der Waals surface area contributed by atoms with E-state index in [-0.39, 0.29) is 0 Å². The number of aromatic nitrogens is 2. The van der Waals surface area contributed by atoms with Crippen molar-refractivity contribution in [3.8, 4) is 34.1 Å². The van der Waals surface area contributed by atoms with Gasteiger partial charge < -0.3 is 18.3 Å². The fourth-order valence-electron chi connectivity index (χ4n) is 4.70. The summed E-state index contributed by atoms with van der Waals surface area (Å²) in [5.74, 6) is 2.33. The first-order valence-electron chi connectivity index (χ1n) is 14.2. The molecule has 9 heteroatoms. The van der Waals surface area contributed by atoms with E-state index in [4.69, 9.17) is 22.9 Å². The van der Waals surface area contributed by atoms with Crippen molar-refractivity contribution in [3.05, 3.63) is 33.6 Å². The van der Waals surface area contributed by atoms with Crippen LogP contribution in [0.25, 0.3) is 33.7 Å². The molecular weight excluding hydrogens is 628 g/mol. The maximum atomic E-state index is 6.53. The lowest BCUT2D eigenvalue weighted by Gasteiger charge is -2.19. The maximum Gasteiger partial charge on any atom is 0.175 e. The smallest absolute Gasteiger partial charge is 0.175 e. The summed E-state index contributed by atoms with van der Waals surface area (Å²) in [6.07, 6.45) is 14.0. The van der Waals surface area contributed by atoms with E-state index in [1.165, 1.54) is 51.4 Å². The van der Waals surface area contributed by atoms with Crippen molar-refractivity contribution in [2.45, 2.75) is 90.9 Å². The number of nitrogens with zero attached hydrogens (tertiary/aromatic N) is 2. The van der Waals surface area contributed by atoms with Gasteiger partial charge in [-0.2, -0.15) is 0 Å². The first kappa shape index (κ1) is 29.7. The van der Waals surface area contributed by atoms with Crippen LogP contribution < -0.4 is 9.47 Å².